The summed E-state index contributed by atoms with van der Waals surface area (Å²) in [6, 6.07) is 25.5. The van der Waals surface area contributed by atoms with Crippen LogP contribution in [0.3, 0.4) is 0 Å². The van der Waals surface area contributed by atoms with Crippen molar-refractivity contribution in [3.05, 3.63) is 102 Å². The third-order valence-corrected chi connectivity index (χ3v) is 9.25. The average Bonchev–Trinajstić information content (AvgIpc) is 2.90. The third-order valence-electron chi connectivity index (χ3n) is 5.27. The molecule has 0 saturated heterocycles. The first kappa shape index (κ1) is 21.3. The van der Waals surface area contributed by atoms with Crippen LogP contribution in [0.4, 0.5) is 22.0 Å². The molecule has 0 N–H and O–H groups in total. The van der Waals surface area contributed by atoms with Crippen molar-refractivity contribution < 1.29 is 26.7 Å². The first-order valence-corrected chi connectivity index (χ1v) is 11.2. The lowest BCUT2D eigenvalue weighted by Gasteiger charge is -2.30. The van der Waals surface area contributed by atoms with Crippen LogP contribution in [0.2, 0.25) is 0 Å². The van der Waals surface area contributed by atoms with E-state index in [1.54, 1.807) is 91.0 Å². The highest BCUT2D eigenvalue weighted by Crippen LogP contribution is 2.53. The van der Waals surface area contributed by atoms with Crippen LogP contribution < -0.4 is 15.9 Å². The average molecular weight is 446 g/mol. The number of allylic oxidation sites excluding steroid dienone is 2. The maximum absolute atomic E-state index is 14.7. The first-order valence-electron chi connectivity index (χ1n) is 9.35. The van der Waals surface area contributed by atoms with E-state index < -0.39 is 35.9 Å². The summed E-state index contributed by atoms with van der Waals surface area (Å²) in [5.41, 5.74) is -1.56. The SMILES string of the molecule is O=C1C(F)=C(C=P(c2ccccc2)(c2ccccc2)c2ccccc2)C(F)(F)C1(F)F. The van der Waals surface area contributed by atoms with Crippen molar-refractivity contribution in [3.8, 4) is 0 Å². The lowest BCUT2D eigenvalue weighted by Crippen LogP contribution is -2.43. The van der Waals surface area contributed by atoms with Crippen molar-refractivity contribution in [2.24, 2.45) is 0 Å². The summed E-state index contributed by atoms with van der Waals surface area (Å²) in [5, 5.41) is 1.68. The van der Waals surface area contributed by atoms with Gasteiger partial charge in [0.2, 0.25) is 0 Å². The molecule has 7 heteroatoms. The highest BCUT2D eigenvalue weighted by molar-refractivity contribution is 7.94. The Hall–Kier alpha value is -2.98. The molecule has 4 rings (SSSR count). The minimum Gasteiger partial charge on any atom is -0.284 e. The van der Waals surface area contributed by atoms with Crippen LogP contribution in [0, 0.1) is 0 Å². The molecule has 1 nitrogen and oxygen atoms in total. The summed E-state index contributed by atoms with van der Waals surface area (Å²) in [6.07, 6.45) is 0. The van der Waals surface area contributed by atoms with Gasteiger partial charge in [-0.1, -0.05) is 91.0 Å². The molecule has 0 aromatic heterocycles. The molecule has 3 aromatic rings. The Balaban J connectivity index is 2.18. The van der Waals surface area contributed by atoms with Crippen molar-refractivity contribution in [1.82, 2.24) is 0 Å². The number of ketones is 1. The largest absolute Gasteiger partial charge is 0.378 e. The van der Waals surface area contributed by atoms with Gasteiger partial charge in [0.05, 0.1) is 5.57 Å². The van der Waals surface area contributed by atoms with Gasteiger partial charge in [-0.15, -0.1) is 0 Å². The molecule has 0 saturated carbocycles. The van der Waals surface area contributed by atoms with Crippen LogP contribution in [0.1, 0.15) is 0 Å². The van der Waals surface area contributed by atoms with Crippen LogP contribution in [0.15, 0.2) is 102 Å². The first-order chi connectivity index (χ1) is 14.7. The molecule has 0 fully saturated rings. The molecule has 0 atom stereocenters. The smallest absolute Gasteiger partial charge is 0.284 e. The van der Waals surface area contributed by atoms with E-state index in [0.717, 1.165) is 5.80 Å². The Labute approximate surface area is 175 Å². The van der Waals surface area contributed by atoms with E-state index in [9.17, 15) is 26.7 Å². The normalized spacial score (nSPS) is 17.6. The summed E-state index contributed by atoms with van der Waals surface area (Å²) >= 11 is 0. The number of hydrogen-bond donors (Lipinski definition) is 0. The molecule has 31 heavy (non-hydrogen) atoms. The zero-order chi connectivity index (χ0) is 22.3. The van der Waals surface area contributed by atoms with Crippen LogP contribution in [0.25, 0.3) is 0 Å². The molecule has 0 heterocycles. The van der Waals surface area contributed by atoms with E-state index >= 15 is 0 Å². The van der Waals surface area contributed by atoms with Crippen LogP contribution in [-0.2, 0) is 4.79 Å². The Morgan fingerprint density at radius 2 is 0.968 bits per heavy atom. The van der Waals surface area contributed by atoms with Gasteiger partial charge in [0.25, 0.3) is 5.78 Å². The molecule has 0 radical (unpaired) electrons. The van der Waals surface area contributed by atoms with E-state index in [-0.39, 0.29) is 0 Å². The van der Waals surface area contributed by atoms with E-state index in [4.69, 9.17) is 0 Å². The van der Waals surface area contributed by atoms with Crippen molar-refractivity contribution >= 4 is 34.4 Å². The Bertz CT molecular complexity index is 1100. The van der Waals surface area contributed by atoms with Gasteiger partial charge in [-0.2, -0.15) is 17.6 Å². The number of carbonyl (C=O) groups is 1. The second-order valence-electron chi connectivity index (χ2n) is 7.06. The van der Waals surface area contributed by atoms with E-state index in [2.05, 4.69) is 0 Å². The molecule has 1 aliphatic rings. The van der Waals surface area contributed by atoms with Crippen LogP contribution >= 0.6 is 6.89 Å². The molecule has 0 aliphatic heterocycles. The Kier molecular flexibility index (Phi) is 5.22. The number of Topliss-reactive ketones (excluding diaryl/α,β-unsaturated/α-hetero) is 1. The fourth-order valence-electron chi connectivity index (χ4n) is 3.70. The summed E-state index contributed by atoms with van der Waals surface area (Å²) in [6.45, 7) is -3.19. The molecule has 0 unspecified atom stereocenters. The molecule has 0 bridgehead atoms. The highest BCUT2D eigenvalue weighted by Gasteiger charge is 2.70. The molecule has 158 valence electrons. The standard InChI is InChI=1S/C24H16F5OP/c25-21-20(23(26,27)24(28,29)22(21)30)16-31(17-10-4-1-5-11-17,18-12-6-2-7-13-18)19-14-8-3-9-15-19/h1-16H. The van der Waals surface area contributed by atoms with Crippen molar-refractivity contribution in [1.29, 1.82) is 0 Å². The molecular weight excluding hydrogens is 430 g/mol. The number of hydrogen-bond acceptors (Lipinski definition) is 1. The topological polar surface area (TPSA) is 17.1 Å². The predicted octanol–water partition coefficient (Wildman–Crippen LogP) is 4.86. The second kappa shape index (κ2) is 7.61. The van der Waals surface area contributed by atoms with E-state index in [1.807, 2.05) is 0 Å². The second-order valence-corrected chi connectivity index (χ2v) is 10.3. The van der Waals surface area contributed by atoms with Gasteiger partial charge in [-0.3, -0.25) is 4.79 Å². The van der Waals surface area contributed by atoms with Crippen molar-refractivity contribution in [2.45, 2.75) is 11.8 Å². The van der Waals surface area contributed by atoms with Gasteiger partial charge in [-0.05, 0) is 28.6 Å². The number of benzene rings is 3. The Morgan fingerprint density at radius 3 is 1.26 bits per heavy atom. The Morgan fingerprint density at radius 1 is 0.613 bits per heavy atom. The number of carbonyl (C=O) groups excluding carboxylic acids is 1. The van der Waals surface area contributed by atoms with Gasteiger partial charge in [0, 0.05) is 0 Å². The predicted molar refractivity (Wildman–Crippen MR) is 114 cm³/mol. The van der Waals surface area contributed by atoms with Gasteiger partial charge in [0.1, 0.15) is 0 Å². The van der Waals surface area contributed by atoms with Gasteiger partial charge >= 0.3 is 11.8 Å². The molecule has 0 amide bonds. The molecular formula is C24H16F5OP. The monoisotopic (exact) mass is 446 g/mol. The van der Waals surface area contributed by atoms with Crippen molar-refractivity contribution in [2.75, 3.05) is 0 Å². The van der Waals surface area contributed by atoms with E-state index in [1.165, 1.54) is 0 Å². The lowest BCUT2D eigenvalue weighted by molar-refractivity contribution is -0.181. The zero-order valence-corrected chi connectivity index (χ0v) is 16.9. The fourth-order valence-corrected chi connectivity index (χ4v) is 7.63. The number of rotatable bonds is 4. The molecule has 3 aromatic carbocycles. The summed E-state index contributed by atoms with van der Waals surface area (Å²) in [7, 11) is 0. The van der Waals surface area contributed by atoms with Gasteiger partial charge in [0.15, 0.2) is 5.83 Å². The summed E-state index contributed by atoms with van der Waals surface area (Å²) in [5.74, 6) is -13.8. The van der Waals surface area contributed by atoms with Crippen LogP contribution in [0.5, 0.6) is 0 Å². The van der Waals surface area contributed by atoms with Crippen LogP contribution in [-0.4, -0.2) is 23.4 Å². The molecule has 0 spiro atoms. The fraction of sp³-hybridized carbons (Fsp3) is 0.0833. The third kappa shape index (κ3) is 3.17. The minimum atomic E-state index is -5.14. The van der Waals surface area contributed by atoms with Gasteiger partial charge in [-0.25, -0.2) is 4.39 Å². The van der Waals surface area contributed by atoms with E-state index in [0.29, 0.717) is 15.9 Å². The number of halogens is 5. The number of alkyl halides is 4. The maximum atomic E-state index is 14.7. The summed E-state index contributed by atoms with van der Waals surface area (Å²) < 4.78 is 72.0. The minimum absolute atomic E-state index is 0.561. The quantitative estimate of drug-likeness (QED) is 0.413. The lowest BCUT2D eigenvalue weighted by atomic mass is 10.1. The molecule has 1 aliphatic carbocycles. The highest BCUT2D eigenvalue weighted by atomic mass is 31.2. The van der Waals surface area contributed by atoms with Gasteiger partial charge < -0.3 is 0 Å². The summed E-state index contributed by atoms with van der Waals surface area (Å²) in [4.78, 5) is 11.7. The van der Waals surface area contributed by atoms with Crippen molar-refractivity contribution in [3.63, 3.8) is 0 Å². The zero-order valence-electron chi connectivity index (χ0n) is 16.0. The maximum Gasteiger partial charge on any atom is 0.378 e.